The molecule has 0 atom stereocenters. The zero-order valence-corrected chi connectivity index (χ0v) is 24.9. The third-order valence-electron chi connectivity index (χ3n) is 6.44. The maximum Gasteiger partial charge on any atom is 0.267 e. The van der Waals surface area contributed by atoms with Crippen molar-refractivity contribution in [1.29, 1.82) is 0 Å². The second-order valence-corrected chi connectivity index (χ2v) is 13.6. The number of sulfonamides is 1. The predicted molar refractivity (Wildman–Crippen MR) is 162 cm³/mol. The second-order valence-electron chi connectivity index (χ2n) is 9.66. The Kier molecular flexibility index (Phi) is 8.34. The summed E-state index contributed by atoms with van der Waals surface area (Å²) in [6.07, 6.45) is 2.51. The molecule has 0 aliphatic carbocycles. The first-order chi connectivity index (χ1) is 20.9. The number of rotatable bonds is 10. The molecule has 0 aliphatic rings. The lowest BCUT2D eigenvalue weighted by atomic mass is 10.0. The zero-order valence-electron chi connectivity index (χ0n) is 23.3. The third-order valence-corrected chi connectivity index (χ3v) is 8.79. The number of aromatic nitrogens is 3. The maximum atomic E-state index is 14.3. The lowest BCUT2D eigenvalue weighted by Gasteiger charge is -2.16. The molecule has 0 aliphatic heterocycles. The number of fused-ring (bicyclic) bond motifs is 1. The standard InChI is InChI=1S/C29H25F2N5O6S2/c1-42-27-25(35-44(40,41)26-11-9-20(30)16-23(26)31)15-19(17-33-27)18-8-10-24-22(14-18)28(37)36(21-6-4-3-5-7-21)29(34-24)32-12-13-43(2,38)39/h3-11,14-17,35H,12-13H2,1-2H3,(H,32,34). The molecule has 2 N–H and O–H groups in total. The van der Waals surface area contributed by atoms with E-state index in [1.165, 1.54) is 23.9 Å². The fourth-order valence-corrected chi connectivity index (χ4v) is 5.97. The lowest BCUT2D eigenvalue weighted by molar-refractivity contribution is 0.400. The van der Waals surface area contributed by atoms with Gasteiger partial charge in [0.2, 0.25) is 11.8 Å². The number of para-hydroxylation sites is 1. The van der Waals surface area contributed by atoms with Gasteiger partial charge in [-0.25, -0.2) is 40.2 Å². The molecular formula is C29H25F2N5O6S2. The Hall–Kier alpha value is -4.89. The molecule has 44 heavy (non-hydrogen) atoms. The van der Waals surface area contributed by atoms with Crippen LogP contribution in [0, 0.1) is 11.6 Å². The molecule has 0 saturated heterocycles. The van der Waals surface area contributed by atoms with Crippen molar-refractivity contribution in [2.45, 2.75) is 4.90 Å². The number of nitrogens with one attached hydrogen (secondary N) is 2. The van der Waals surface area contributed by atoms with Gasteiger partial charge in [0.25, 0.3) is 15.6 Å². The van der Waals surface area contributed by atoms with Crippen molar-refractivity contribution < 1.29 is 30.4 Å². The first-order valence-corrected chi connectivity index (χ1v) is 16.5. The van der Waals surface area contributed by atoms with Crippen LogP contribution in [0.4, 0.5) is 20.4 Å². The Morgan fingerprint density at radius 3 is 2.36 bits per heavy atom. The van der Waals surface area contributed by atoms with Crippen molar-refractivity contribution in [3.05, 3.63) is 101 Å². The number of ether oxygens (including phenoxy) is 1. The minimum Gasteiger partial charge on any atom is -0.480 e. The number of hydrogen-bond acceptors (Lipinski definition) is 9. The molecule has 0 radical (unpaired) electrons. The van der Waals surface area contributed by atoms with Crippen molar-refractivity contribution in [3.63, 3.8) is 0 Å². The number of hydrogen-bond donors (Lipinski definition) is 2. The Balaban J connectivity index is 1.58. The van der Waals surface area contributed by atoms with Gasteiger partial charge in [-0.2, -0.15) is 0 Å². The number of methoxy groups -OCH3 is 1. The summed E-state index contributed by atoms with van der Waals surface area (Å²) in [5, 5.41) is 3.16. The number of pyridine rings is 1. The largest absolute Gasteiger partial charge is 0.480 e. The van der Waals surface area contributed by atoms with E-state index >= 15 is 0 Å². The molecule has 0 unspecified atom stereocenters. The van der Waals surface area contributed by atoms with Crippen LogP contribution in [0.2, 0.25) is 0 Å². The van der Waals surface area contributed by atoms with Crippen LogP contribution in [0.15, 0.2) is 88.7 Å². The van der Waals surface area contributed by atoms with Crippen LogP contribution in [0.25, 0.3) is 27.7 Å². The molecular weight excluding hydrogens is 616 g/mol. The van der Waals surface area contributed by atoms with Gasteiger partial charge in [-0.15, -0.1) is 0 Å². The average Bonchev–Trinajstić information content (AvgIpc) is 2.96. The van der Waals surface area contributed by atoms with Gasteiger partial charge < -0.3 is 10.1 Å². The predicted octanol–water partition coefficient (Wildman–Crippen LogP) is 3.99. The van der Waals surface area contributed by atoms with E-state index in [1.807, 2.05) is 0 Å². The molecule has 0 spiro atoms. The van der Waals surface area contributed by atoms with Crippen LogP contribution < -0.4 is 20.3 Å². The van der Waals surface area contributed by atoms with Gasteiger partial charge in [-0.3, -0.25) is 9.52 Å². The summed E-state index contributed by atoms with van der Waals surface area (Å²) in [7, 11) is -6.51. The van der Waals surface area contributed by atoms with E-state index in [0.717, 1.165) is 18.4 Å². The molecule has 5 aromatic rings. The smallest absolute Gasteiger partial charge is 0.267 e. The van der Waals surface area contributed by atoms with Gasteiger partial charge >= 0.3 is 0 Å². The van der Waals surface area contributed by atoms with Crippen molar-refractivity contribution in [3.8, 4) is 22.7 Å². The molecule has 228 valence electrons. The zero-order chi connectivity index (χ0) is 31.6. The van der Waals surface area contributed by atoms with Gasteiger partial charge in [-0.05, 0) is 48.0 Å². The van der Waals surface area contributed by atoms with E-state index in [0.29, 0.717) is 28.4 Å². The van der Waals surface area contributed by atoms with Crippen molar-refractivity contribution in [1.82, 2.24) is 14.5 Å². The quantitative estimate of drug-likeness (QED) is 0.231. The fraction of sp³-hybridized carbons (Fsp3) is 0.138. The van der Waals surface area contributed by atoms with Crippen LogP contribution in [0.1, 0.15) is 0 Å². The Morgan fingerprint density at radius 2 is 1.68 bits per heavy atom. The van der Waals surface area contributed by atoms with Crippen LogP contribution in [-0.4, -0.2) is 57.0 Å². The molecule has 2 heterocycles. The van der Waals surface area contributed by atoms with E-state index in [2.05, 4.69) is 20.0 Å². The molecule has 0 saturated carbocycles. The first kappa shape index (κ1) is 30.6. The number of halogens is 2. The summed E-state index contributed by atoms with van der Waals surface area (Å²) in [6, 6.07) is 16.9. The van der Waals surface area contributed by atoms with Crippen molar-refractivity contribution >= 4 is 42.4 Å². The van der Waals surface area contributed by atoms with Gasteiger partial charge in [0, 0.05) is 30.6 Å². The first-order valence-electron chi connectivity index (χ1n) is 12.9. The second kappa shape index (κ2) is 12.0. The van der Waals surface area contributed by atoms with Gasteiger partial charge in [0.15, 0.2) is 0 Å². The molecule has 15 heteroatoms. The summed E-state index contributed by atoms with van der Waals surface area (Å²) in [4.78, 5) is 21.8. The number of nitrogens with zero attached hydrogens (tertiary/aromatic N) is 3. The maximum absolute atomic E-state index is 14.3. The molecule has 5 rings (SSSR count). The Labute approximate surface area is 251 Å². The van der Waals surface area contributed by atoms with E-state index in [9.17, 15) is 30.4 Å². The normalized spacial score (nSPS) is 11.8. The molecule has 2 aromatic heterocycles. The van der Waals surface area contributed by atoms with E-state index in [4.69, 9.17) is 4.74 Å². The minimum atomic E-state index is -4.51. The third kappa shape index (κ3) is 6.53. The SMILES string of the molecule is COc1ncc(-c2ccc3nc(NCCS(C)(=O)=O)n(-c4ccccc4)c(=O)c3c2)cc1NS(=O)(=O)c1ccc(F)cc1F. The highest BCUT2D eigenvalue weighted by Crippen LogP contribution is 2.32. The summed E-state index contributed by atoms with van der Waals surface area (Å²) >= 11 is 0. The summed E-state index contributed by atoms with van der Waals surface area (Å²) in [5.41, 5.74) is 1.10. The molecule has 0 fully saturated rings. The molecule has 3 aromatic carbocycles. The van der Waals surface area contributed by atoms with E-state index in [1.54, 1.807) is 48.5 Å². The van der Waals surface area contributed by atoms with Crippen molar-refractivity contribution in [2.24, 2.45) is 0 Å². The minimum absolute atomic E-state index is 0.0275. The number of anilines is 2. The van der Waals surface area contributed by atoms with Gasteiger partial charge in [-0.1, -0.05) is 24.3 Å². The molecule has 11 nitrogen and oxygen atoms in total. The number of benzene rings is 3. The van der Waals surface area contributed by atoms with Crippen LogP contribution in [0.3, 0.4) is 0 Å². The van der Waals surface area contributed by atoms with Crippen LogP contribution >= 0.6 is 0 Å². The Morgan fingerprint density at radius 1 is 0.932 bits per heavy atom. The number of sulfone groups is 1. The Bertz CT molecular complexity index is 2160. The molecule has 0 amide bonds. The highest BCUT2D eigenvalue weighted by atomic mass is 32.2. The molecule has 0 bridgehead atoms. The van der Waals surface area contributed by atoms with Crippen molar-refractivity contribution in [2.75, 3.05) is 35.7 Å². The topological polar surface area (TPSA) is 149 Å². The fourth-order valence-electron chi connectivity index (χ4n) is 4.39. The van der Waals surface area contributed by atoms with E-state index in [-0.39, 0.29) is 35.2 Å². The summed E-state index contributed by atoms with van der Waals surface area (Å²) in [6.45, 7) is 0.0275. The van der Waals surface area contributed by atoms with E-state index < -0.39 is 41.9 Å². The summed E-state index contributed by atoms with van der Waals surface area (Å²) < 4.78 is 85.6. The van der Waals surface area contributed by atoms with Crippen LogP contribution in [0.5, 0.6) is 5.88 Å². The highest BCUT2D eigenvalue weighted by molar-refractivity contribution is 7.92. The van der Waals surface area contributed by atoms with Gasteiger partial charge in [0.1, 0.15) is 32.1 Å². The summed E-state index contributed by atoms with van der Waals surface area (Å²) in [5.74, 6) is -2.34. The van der Waals surface area contributed by atoms with Crippen LogP contribution in [-0.2, 0) is 19.9 Å². The lowest BCUT2D eigenvalue weighted by Crippen LogP contribution is -2.25. The monoisotopic (exact) mass is 641 g/mol. The average molecular weight is 642 g/mol. The highest BCUT2D eigenvalue weighted by Gasteiger charge is 2.23. The van der Waals surface area contributed by atoms with Gasteiger partial charge in [0.05, 0.1) is 29.5 Å².